The maximum absolute atomic E-state index is 11.9. The number of amides is 1. The Morgan fingerprint density at radius 1 is 0.955 bits per heavy atom. The SMILES string of the molecule is O=C(CCc1ccc2ccccc2c1)NCCc1ccco1. The van der Waals surface area contributed by atoms with Gasteiger partial charge in [0.2, 0.25) is 5.91 Å². The van der Waals surface area contributed by atoms with E-state index in [0.29, 0.717) is 13.0 Å². The molecule has 0 spiro atoms. The Labute approximate surface area is 130 Å². The molecule has 1 heterocycles. The van der Waals surface area contributed by atoms with E-state index < -0.39 is 0 Å². The Morgan fingerprint density at radius 3 is 2.64 bits per heavy atom. The van der Waals surface area contributed by atoms with Gasteiger partial charge in [-0.05, 0) is 34.9 Å². The van der Waals surface area contributed by atoms with E-state index in [2.05, 4.69) is 35.6 Å². The molecule has 3 heteroatoms. The molecule has 1 aromatic heterocycles. The lowest BCUT2D eigenvalue weighted by atomic mass is 10.0. The molecule has 112 valence electrons. The van der Waals surface area contributed by atoms with Gasteiger partial charge in [0.1, 0.15) is 5.76 Å². The van der Waals surface area contributed by atoms with Crippen LogP contribution in [0.2, 0.25) is 0 Å². The van der Waals surface area contributed by atoms with Gasteiger partial charge in [0.15, 0.2) is 0 Å². The lowest BCUT2D eigenvalue weighted by molar-refractivity contribution is -0.121. The number of carbonyl (C=O) groups is 1. The fourth-order valence-electron chi connectivity index (χ4n) is 2.52. The molecule has 0 radical (unpaired) electrons. The van der Waals surface area contributed by atoms with Crippen LogP contribution in [0.3, 0.4) is 0 Å². The van der Waals surface area contributed by atoms with Crippen LogP contribution in [0.15, 0.2) is 65.3 Å². The summed E-state index contributed by atoms with van der Waals surface area (Å²) in [6.45, 7) is 0.615. The number of fused-ring (bicyclic) bond motifs is 1. The van der Waals surface area contributed by atoms with Gasteiger partial charge in [-0.3, -0.25) is 4.79 Å². The van der Waals surface area contributed by atoms with Gasteiger partial charge in [0, 0.05) is 19.4 Å². The maximum Gasteiger partial charge on any atom is 0.220 e. The molecule has 0 aliphatic heterocycles. The molecule has 3 rings (SSSR count). The first-order valence-electron chi connectivity index (χ1n) is 7.58. The van der Waals surface area contributed by atoms with E-state index in [1.807, 2.05) is 24.3 Å². The highest BCUT2D eigenvalue weighted by Gasteiger charge is 2.03. The van der Waals surface area contributed by atoms with Crippen LogP contribution >= 0.6 is 0 Å². The second-order valence-electron chi connectivity index (χ2n) is 5.36. The molecule has 22 heavy (non-hydrogen) atoms. The van der Waals surface area contributed by atoms with Crippen molar-refractivity contribution in [2.75, 3.05) is 6.54 Å². The van der Waals surface area contributed by atoms with E-state index in [4.69, 9.17) is 4.42 Å². The van der Waals surface area contributed by atoms with Crippen molar-refractivity contribution in [2.45, 2.75) is 19.3 Å². The van der Waals surface area contributed by atoms with Crippen molar-refractivity contribution in [1.82, 2.24) is 5.32 Å². The van der Waals surface area contributed by atoms with E-state index in [1.54, 1.807) is 6.26 Å². The van der Waals surface area contributed by atoms with Crippen LogP contribution in [0, 0.1) is 0 Å². The fourth-order valence-corrected chi connectivity index (χ4v) is 2.52. The normalized spacial score (nSPS) is 10.7. The predicted octanol–water partition coefficient (Wildman–Crippen LogP) is 3.72. The largest absolute Gasteiger partial charge is 0.469 e. The molecule has 0 unspecified atom stereocenters. The van der Waals surface area contributed by atoms with E-state index in [1.165, 1.54) is 16.3 Å². The number of hydrogen-bond acceptors (Lipinski definition) is 2. The third-order valence-corrected chi connectivity index (χ3v) is 3.73. The summed E-state index contributed by atoms with van der Waals surface area (Å²) in [5, 5.41) is 5.38. The number of furan rings is 1. The number of rotatable bonds is 6. The summed E-state index contributed by atoms with van der Waals surface area (Å²) in [4.78, 5) is 11.9. The van der Waals surface area contributed by atoms with Gasteiger partial charge in [0.05, 0.1) is 6.26 Å². The minimum atomic E-state index is 0.0831. The molecule has 1 N–H and O–H groups in total. The Bertz CT molecular complexity index is 747. The second-order valence-corrected chi connectivity index (χ2v) is 5.36. The number of carbonyl (C=O) groups excluding carboxylic acids is 1. The van der Waals surface area contributed by atoms with Gasteiger partial charge >= 0.3 is 0 Å². The molecular formula is C19H19NO2. The Balaban J connectivity index is 1.47. The average molecular weight is 293 g/mol. The number of benzene rings is 2. The standard InChI is InChI=1S/C19H19NO2/c21-19(20-12-11-18-6-3-13-22-18)10-8-15-7-9-16-4-1-2-5-17(16)14-15/h1-7,9,13-14H,8,10-12H2,(H,20,21). The predicted molar refractivity (Wildman–Crippen MR) is 87.7 cm³/mol. The molecular weight excluding hydrogens is 274 g/mol. The molecule has 0 saturated carbocycles. The van der Waals surface area contributed by atoms with Gasteiger partial charge in [-0.1, -0.05) is 42.5 Å². The number of aryl methyl sites for hydroxylation is 1. The van der Waals surface area contributed by atoms with Crippen LogP contribution < -0.4 is 5.32 Å². The first kappa shape index (κ1) is 14.4. The first-order valence-corrected chi connectivity index (χ1v) is 7.58. The minimum absolute atomic E-state index is 0.0831. The highest BCUT2D eigenvalue weighted by atomic mass is 16.3. The van der Waals surface area contributed by atoms with Crippen molar-refractivity contribution in [2.24, 2.45) is 0 Å². The molecule has 3 nitrogen and oxygen atoms in total. The van der Waals surface area contributed by atoms with Crippen LogP contribution in [0.1, 0.15) is 17.7 Å². The zero-order chi connectivity index (χ0) is 15.2. The lowest BCUT2D eigenvalue weighted by Gasteiger charge is -2.05. The van der Waals surface area contributed by atoms with Gasteiger partial charge in [0.25, 0.3) is 0 Å². The zero-order valence-corrected chi connectivity index (χ0v) is 12.4. The molecule has 0 saturated heterocycles. The molecule has 2 aromatic carbocycles. The van der Waals surface area contributed by atoms with E-state index in [9.17, 15) is 4.79 Å². The molecule has 0 aliphatic carbocycles. The van der Waals surface area contributed by atoms with Crippen molar-refractivity contribution < 1.29 is 9.21 Å². The summed E-state index contributed by atoms with van der Waals surface area (Å²) < 4.78 is 5.23. The van der Waals surface area contributed by atoms with Crippen LogP contribution in [-0.4, -0.2) is 12.5 Å². The van der Waals surface area contributed by atoms with E-state index >= 15 is 0 Å². The quantitative estimate of drug-likeness (QED) is 0.752. The van der Waals surface area contributed by atoms with Crippen LogP contribution in [0.5, 0.6) is 0 Å². The number of hydrogen-bond donors (Lipinski definition) is 1. The highest BCUT2D eigenvalue weighted by molar-refractivity contribution is 5.83. The monoisotopic (exact) mass is 293 g/mol. The average Bonchev–Trinajstić information content (AvgIpc) is 3.06. The number of nitrogens with one attached hydrogen (secondary N) is 1. The summed E-state index contributed by atoms with van der Waals surface area (Å²) in [6.07, 6.45) is 3.65. The molecule has 1 amide bonds. The lowest BCUT2D eigenvalue weighted by Crippen LogP contribution is -2.25. The Morgan fingerprint density at radius 2 is 1.82 bits per heavy atom. The van der Waals surface area contributed by atoms with Crippen molar-refractivity contribution in [3.05, 3.63) is 72.2 Å². The van der Waals surface area contributed by atoms with Crippen molar-refractivity contribution in [1.29, 1.82) is 0 Å². The fraction of sp³-hybridized carbons (Fsp3) is 0.211. The maximum atomic E-state index is 11.9. The molecule has 0 atom stereocenters. The van der Waals surface area contributed by atoms with Gasteiger partial charge < -0.3 is 9.73 Å². The summed E-state index contributed by atoms with van der Waals surface area (Å²) in [5.41, 5.74) is 1.19. The smallest absolute Gasteiger partial charge is 0.220 e. The van der Waals surface area contributed by atoms with Gasteiger partial charge in [-0.15, -0.1) is 0 Å². The van der Waals surface area contributed by atoms with E-state index in [0.717, 1.165) is 18.6 Å². The summed E-state index contributed by atoms with van der Waals surface area (Å²) in [6, 6.07) is 18.4. The summed E-state index contributed by atoms with van der Waals surface area (Å²) in [5.74, 6) is 0.981. The van der Waals surface area contributed by atoms with Crippen LogP contribution in [0.4, 0.5) is 0 Å². The topological polar surface area (TPSA) is 42.2 Å². The minimum Gasteiger partial charge on any atom is -0.469 e. The Hall–Kier alpha value is -2.55. The van der Waals surface area contributed by atoms with Crippen LogP contribution in [0.25, 0.3) is 10.8 Å². The van der Waals surface area contributed by atoms with Gasteiger partial charge in [-0.2, -0.15) is 0 Å². The molecule has 3 aromatic rings. The van der Waals surface area contributed by atoms with Gasteiger partial charge in [-0.25, -0.2) is 0 Å². The first-order chi connectivity index (χ1) is 10.8. The molecule has 0 bridgehead atoms. The zero-order valence-electron chi connectivity index (χ0n) is 12.4. The summed E-state index contributed by atoms with van der Waals surface area (Å²) in [7, 11) is 0. The second kappa shape index (κ2) is 6.94. The third kappa shape index (κ3) is 3.76. The third-order valence-electron chi connectivity index (χ3n) is 3.73. The Kier molecular flexibility index (Phi) is 4.54. The van der Waals surface area contributed by atoms with Crippen molar-refractivity contribution in [3.8, 4) is 0 Å². The van der Waals surface area contributed by atoms with Crippen molar-refractivity contribution >= 4 is 16.7 Å². The van der Waals surface area contributed by atoms with Crippen molar-refractivity contribution in [3.63, 3.8) is 0 Å². The molecule has 0 aliphatic rings. The van der Waals surface area contributed by atoms with E-state index in [-0.39, 0.29) is 5.91 Å². The highest BCUT2D eigenvalue weighted by Crippen LogP contribution is 2.16. The molecule has 0 fully saturated rings. The van der Waals surface area contributed by atoms with Crippen LogP contribution in [-0.2, 0) is 17.6 Å². The summed E-state index contributed by atoms with van der Waals surface area (Å²) >= 11 is 0.